The minimum absolute atomic E-state index is 0.321. The zero-order chi connectivity index (χ0) is 17.2. The van der Waals surface area contributed by atoms with E-state index in [2.05, 4.69) is 69.1 Å². The van der Waals surface area contributed by atoms with Crippen molar-refractivity contribution >= 4 is 8.32 Å². The van der Waals surface area contributed by atoms with Gasteiger partial charge in [0.2, 0.25) is 0 Å². The molecule has 0 bridgehead atoms. The molecule has 2 heteroatoms. The predicted molar refractivity (Wildman–Crippen MR) is 106 cm³/mol. The van der Waals surface area contributed by atoms with Crippen LogP contribution in [0.15, 0.2) is 48.1 Å². The van der Waals surface area contributed by atoms with E-state index in [0.29, 0.717) is 5.41 Å². The summed E-state index contributed by atoms with van der Waals surface area (Å²) in [6.07, 6.45) is 22.8. The van der Waals surface area contributed by atoms with Gasteiger partial charge in [-0.15, -0.1) is 0 Å². The molecule has 24 heavy (non-hydrogen) atoms. The summed E-state index contributed by atoms with van der Waals surface area (Å²) >= 11 is 0. The number of allylic oxidation sites excluding steroid dienone is 8. The highest BCUT2D eigenvalue weighted by atomic mass is 28.4. The molecule has 4 unspecified atom stereocenters. The summed E-state index contributed by atoms with van der Waals surface area (Å²) < 4.78 is 6.14. The summed E-state index contributed by atoms with van der Waals surface area (Å²) in [5.74, 6) is 2.29. The molecule has 0 radical (unpaired) electrons. The van der Waals surface area contributed by atoms with E-state index in [1.807, 2.05) is 0 Å². The molecule has 0 aliphatic heterocycles. The van der Waals surface area contributed by atoms with Crippen LogP contribution in [0.5, 0.6) is 0 Å². The molecule has 3 aliphatic rings. The summed E-state index contributed by atoms with van der Waals surface area (Å²) in [6, 6.07) is 0. The molecule has 0 aromatic carbocycles. The molecular weight excluding hydrogens is 308 g/mol. The lowest BCUT2D eigenvalue weighted by atomic mass is 9.63. The fraction of sp³-hybridized carbons (Fsp3) is 0.636. The van der Waals surface area contributed by atoms with Crippen LogP contribution >= 0.6 is 0 Å². The van der Waals surface area contributed by atoms with Gasteiger partial charge in [-0.3, -0.25) is 0 Å². The van der Waals surface area contributed by atoms with Crippen molar-refractivity contribution in [1.29, 1.82) is 0 Å². The van der Waals surface area contributed by atoms with Crippen LogP contribution in [-0.2, 0) is 4.43 Å². The van der Waals surface area contributed by atoms with Crippen LogP contribution in [0.1, 0.15) is 39.0 Å². The van der Waals surface area contributed by atoms with Gasteiger partial charge in [0.05, 0.1) is 0 Å². The third kappa shape index (κ3) is 3.86. The van der Waals surface area contributed by atoms with Gasteiger partial charge in [-0.1, -0.05) is 55.0 Å². The minimum Gasteiger partial charge on any atom is -0.418 e. The maximum absolute atomic E-state index is 6.14. The molecule has 0 amide bonds. The second-order valence-corrected chi connectivity index (χ2v) is 13.5. The predicted octanol–water partition coefficient (Wildman–Crippen LogP) is 6.28. The van der Waals surface area contributed by atoms with E-state index < -0.39 is 8.32 Å². The lowest BCUT2D eigenvalue weighted by molar-refractivity contribution is 0.163. The first kappa shape index (κ1) is 17.9. The van der Waals surface area contributed by atoms with Gasteiger partial charge in [0.1, 0.15) is 0 Å². The van der Waals surface area contributed by atoms with Crippen LogP contribution in [0, 0.1) is 23.2 Å². The smallest absolute Gasteiger partial charge is 0.183 e. The Morgan fingerprint density at radius 2 is 1.92 bits per heavy atom. The Balaban J connectivity index is 1.71. The van der Waals surface area contributed by atoms with Crippen LogP contribution in [0.3, 0.4) is 0 Å². The monoisotopic (exact) mass is 342 g/mol. The first-order chi connectivity index (χ1) is 11.4. The first-order valence-electron chi connectivity index (χ1n) is 9.75. The molecule has 132 valence electrons. The summed E-state index contributed by atoms with van der Waals surface area (Å²) in [6.45, 7) is 10.3. The highest BCUT2D eigenvalue weighted by Gasteiger charge is 2.46. The molecule has 0 N–H and O–H groups in total. The van der Waals surface area contributed by atoms with Crippen LogP contribution in [-0.4, -0.2) is 14.9 Å². The van der Waals surface area contributed by atoms with E-state index >= 15 is 0 Å². The van der Waals surface area contributed by atoms with Gasteiger partial charge in [0.15, 0.2) is 8.32 Å². The van der Waals surface area contributed by atoms with Crippen molar-refractivity contribution in [3.05, 3.63) is 48.1 Å². The Morgan fingerprint density at radius 1 is 1.12 bits per heavy atom. The molecule has 1 nitrogen and oxygen atoms in total. The van der Waals surface area contributed by atoms with Crippen molar-refractivity contribution in [3.8, 4) is 0 Å². The van der Waals surface area contributed by atoms with Crippen molar-refractivity contribution in [2.75, 3.05) is 6.61 Å². The molecule has 0 aromatic heterocycles. The molecule has 0 spiro atoms. The van der Waals surface area contributed by atoms with E-state index in [1.165, 1.54) is 25.7 Å². The first-order valence-corrected chi connectivity index (χ1v) is 13.2. The third-order valence-corrected chi connectivity index (χ3v) is 7.34. The van der Waals surface area contributed by atoms with E-state index in [-0.39, 0.29) is 0 Å². The SMILES string of the molecule is CC(CCCO[Si](C)(C)C)(C1=CC=CC1)C1CCC2C=CC=CC21. The van der Waals surface area contributed by atoms with E-state index in [9.17, 15) is 0 Å². The molecule has 1 saturated carbocycles. The van der Waals surface area contributed by atoms with Crippen molar-refractivity contribution in [2.45, 2.75) is 58.7 Å². The Hall–Kier alpha value is -0.863. The zero-order valence-electron chi connectivity index (χ0n) is 15.9. The van der Waals surface area contributed by atoms with Gasteiger partial charge in [-0.05, 0) is 74.9 Å². The van der Waals surface area contributed by atoms with Gasteiger partial charge in [0, 0.05) is 6.61 Å². The summed E-state index contributed by atoms with van der Waals surface area (Å²) in [7, 11) is -1.39. The van der Waals surface area contributed by atoms with Crippen LogP contribution in [0.2, 0.25) is 19.6 Å². The molecule has 0 saturated heterocycles. The standard InChI is InChI=1S/C22H34OSi/c1-22(19-11-6-7-12-19,16-9-17-23-24(2,3)4)21-15-14-18-10-5-8-13-20(18)21/h5-8,10-11,13,18,20-21H,9,12,14-17H2,1-4H3. The van der Waals surface area contributed by atoms with Gasteiger partial charge in [-0.2, -0.15) is 0 Å². The Kier molecular flexibility index (Phi) is 5.36. The molecule has 3 rings (SSSR count). The third-order valence-electron chi connectivity index (χ3n) is 6.27. The number of hydrogen-bond acceptors (Lipinski definition) is 1. The molecule has 0 aromatic rings. The number of fused-ring (bicyclic) bond motifs is 1. The minimum atomic E-state index is -1.39. The second-order valence-electron chi connectivity index (χ2n) is 9.00. The number of hydrogen-bond donors (Lipinski definition) is 0. The molecule has 1 fully saturated rings. The number of rotatable bonds is 7. The largest absolute Gasteiger partial charge is 0.418 e. The Morgan fingerprint density at radius 3 is 2.62 bits per heavy atom. The molecule has 4 atom stereocenters. The summed E-state index contributed by atoms with van der Waals surface area (Å²) in [5.41, 5.74) is 1.98. The maximum Gasteiger partial charge on any atom is 0.183 e. The van der Waals surface area contributed by atoms with E-state index in [4.69, 9.17) is 4.43 Å². The van der Waals surface area contributed by atoms with Gasteiger partial charge >= 0.3 is 0 Å². The van der Waals surface area contributed by atoms with Gasteiger partial charge in [-0.25, -0.2) is 0 Å². The van der Waals surface area contributed by atoms with E-state index in [0.717, 1.165) is 30.8 Å². The topological polar surface area (TPSA) is 9.23 Å². The van der Waals surface area contributed by atoms with Crippen LogP contribution in [0.4, 0.5) is 0 Å². The lowest BCUT2D eigenvalue weighted by Crippen LogP contribution is -2.34. The second kappa shape index (κ2) is 7.17. The van der Waals surface area contributed by atoms with Gasteiger partial charge in [0.25, 0.3) is 0 Å². The fourth-order valence-corrected chi connectivity index (χ4v) is 5.73. The normalized spacial score (nSPS) is 31.2. The zero-order valence-corrected chi connectivity index (χ0v) is 16.9. The fourth-order valence-electron chi connectivity index (χ4n) is 4.97. The van der Waals surface area contributed by atoms with Crippen LogP contribution in [0.25, 0.3) is 0 Å². The summed E-state index contributed by atoms with van der Waals surface area (Å²) in [5, 5.41) is 0. The molecule has 0 heterocycles. The Bertz CT molecular complexity index is 563. The van der Waals surface area contributed by atoms with Crippen LogP contribution < -0.4 is 0 Å². The highest BCUT2D eigenvalue weighted by molar-refractivity contribution is 6.69. The average Bonchev–Trinajstić information content (AvgIpc) is 3.20. The van der Waals surface area contributed by atoms with Gasteiger partial charge < -0.3 is 4.43 Å². The quantitative estimate of drug-likeness (QED) is 0.391. The summed E-state index contributed by atoms with van der Waals surface area (Å²) in [4.78, 5) is 0. The molecular formula is C22H34OSi. The lowest BCUT2D eigenvalue weighted by Gasteiger charge is -2.41. The average molecular weight is 343 g/mol. The van der Waals surface area contributed by atoms with Crippen molar-refractivity contribution in [3.63, 3.8) is 0 Å². The van der Waals surface area contributed by atoms with Crippen molar-refractivity contribution < 1.29 is 4.43 Å². The maximum atomic E-state index is 6.14. The van der Waals surface area contributed by atoms with Crippen molar-refractivity contribution in [1.82, 2.24) is 0 Å². The Labute approximate surface area is 149 Å². The molecule has 3 aliphatic carbocycles. The highest BCUT2D eigenvalue weighted by Crippen LogP contribution is 2.55. The van der Waals surface area contributed by atoms with Crippen molar-refractivity contribution in [2.24, 2.45) is 23.2 Å². The van der Waals surface area contributed by atoms with E-state index in [1.54, 1.807) is 5.57 Å².